The third kappa shape index (κ3) is 3.54. The van der Waals surface area contributed by atoms with Crippen LogP contribution in [0, 0.1) is 20.8 Å². The zero-order chi connectivity index (χ0) is 17.1. The Hall–Kier alpha value is -2.88. The molecule has 0 saturated carbocycles. The number of aromatic nitrogens is 1. The van der Waals surface area contributed by atoms with E-state index < -0.39 is 0 Å². The maximum Gasteiger partial charge on any atom is 0.262 e. The highest BCUT2D eigenvalue weighted by molar-refractivity contribution is 5.93. The number of amides is 1. The van der Waals surface area contributed by atoms with E-state index in [0.29, 0.717) is 5.75 Å². The number of rotatable bonds is 4. The highest BCUT2D eigenvalue weighted by atomic mass is 16.5. The van der Waals surface area contributed by atoms with E-state index in [2.05, 4.69) is 10.3 Å². The van der Waals surface area contributed by atoms with Crippen LogP contribution in [0.3, 0.4) is 0 Å². The van der Waals surface area contributed by atoms with Crippen molar-refractivity contribution in [1.82, 2.24) is 4.98 Å². The molecule has 4 nitrogen and oxygen atoms in total. The van der Waals surface area contributed by atoms with E-state index in [4.69, 9.17) is 4.74 Å². The molecular formula is C20H20N2O2. The lowest BCUT2D eigenvalue weighted by atomic mass is 10.1. The minimum Gasteiger partial charge on any atom is -0.481 e. The number of nitrogens with zero attached hydrogens (tertiary/aromatic N) is 1. The molecule has 3 rings (SSSR count). The van der Waals surface area contributed by atoms with E-state index in [1.54, 1.807) is 0 Å². The molecule has 0 atom stereocenters. The molecule has 0 saturated heterocycles. The Bertz CT molecular complexity index is 903. The van der Waals surface area contributed by atoms with Gasteiger partial charge in [-0.1, -0.05) is 35.9 Å². The van der Waals surface area contributed by atoms with Crippen LogP contribution < -0.4 is 10.1 Å². The Labute approximate surface area is 141 Å². The summed E-state index contributed by atoms with van der Waals surface area (Å²) in [5.74, 6) is 0.429. The number of nitrogens with one attached hydrogen (secondary N) is 1. The molecule has 1 aromatic heterocycles. The van der Waals surface area contributed by atoms with Gasteiger partial charge in [0, 0.05) is 16.8 Å². The van der Waals surface area contributed by atoms with Crippen molar-refractivity contribution < 1.29 is 9.53 Å². The number of ether oxygens (including phenoxy) is 1. The number of pyridine rings is 1. The van der Waals surface area contributed by atoms with Crippen LogP contribution in [0.15, 0.2) is 48.5 Å². The first kappa shape index (κ1) is 16.0. The van der Waals surface area contributed by atoms with Crippen LogP contribution in [-0.4, -0.2) is 17.5 Å². The summed E-state index contributed by atoms with van der Waals surface area (Å²) in [4.78, 5) is 16.7. The molecule has 0 aliphatic carbocycles. The molecule has 4 heteroatoms. The van der Waals surface area contributed by atoms with Gasteiger partial charge in [0.2, 0.25) is 0 Å². The second-order valence-electron chi connectivity index (χ2n) is 5.94. The van der Waals surface area contributed by atoms with Crippen LogP contribution in [0.2, 0.25) is 0 Å². The quantitative estimate of drug-likeness (QED) is 0.784. The lowest BCUT2D eigenvalue weighted by Crippen LogP contribution is -2.20. The van der Waals surface area contributed by atoms with E-state index in [-0.39, 0.29) is 12.5 Å². The average Bonchev–Trinajstić information content (AvgIpc) is 2.55. The van der Waals surface area contributed by atoms with Crippen LogP contribution >= 0.6 is 0 Å². The van der Waals surface area contributed by atoms with E-state index in [1.807, 2.05) is 69.3 Å². The Morgan fingerprint density at radius 2 is 1.92 bits per heavy atom. The monoisotopic (exact) mass is 320 g/mol. The maximum atomic E-state index is 12.2. The number of carbonyl (C=O) groups excluding carboxylic acids is 1. The molecule has 0 aliphatic rings. The van der Waals surface area contributed by atoms with Crippen molar-refractivity contribution in [3.05, 3.63) is 65.4 Å². The van der Waals surface area contributed by atoms with Crippen LogP contribution in [-0.2, 0) is 4.79 Å². The fourth-order valence-electron chi connectivity index (χ4n) is 2.62. The van der Waals surface area contributed by atoms with Crippen molar-refractivity contribution in [2.24, 2.45) is 0 Å². The highest BCUT2D eigenvalue weighted by Crippen LogP contribution is 2.24. The molecule has 0 bridgehead atoms. The van der Waals surface area contributed by atoms with Gasteiger partial charge in [0.15, 0.2) is 6.61 Å². The number of hydrogen-bond donors (Lipinski definition) is 1. The normalized spacial score (nSPS) is 10.6. The predicted molar refractivity (Wildman–Crippen MR) is 96.5 cm³/mol. The van der Waals surface area contributed by atoms with Crippen molar-refractivity contribution in [1.29, 1.82) is 0 Å². The molecule has 0 aliphatic heterocycles. The van der Waals surface area contributed by atoms with Crippen LogP contribution in [0.5, 0.6) is 5.75 Å². The molecule has 122 valence electrons. The number of carbonyl (C=O) groups is 1. The number of hydrogen-bond acceptors (Lipinski definition) is 3. The molecule has 0 radical (unpaired) electrons. The highest BCUT2D eigenvalue weighted by Gasteiger charge is 2.09. The number of anilines is 1. The second-order valence-corrected chi connectivity index (χ2v) is 5.94. The van der Waals surface area contributed by atoms with E-state index in [1.165, 1.54) is 5.56 Å². The van der Waals surface area contributed by atoms with Crippen LogP contribution in [0.4, 0.5) is 5.69 Å². The van der Waals surface area contributed by atoms with Gasteiger partial charge in [0.05, 0.1) is 0 Å². The topological polar surface area (TPSA) is 51.2 Å². The van der Waals surface area contributed by atoms with Gasteiger partial charge in [-0.05, 0) is 44.5 Å². The summed E-state index contributed by atoms with van der Waals surface area (Å²) < 4.78 is 5.70. The van der Waals surface area contributed by atoms with Crippen molar-refractivity contribution >= 4 is 22.5 Å². The summed E-state index contributed by atoms with van der Waals surface area (Å²) in [5.41, 5.74) is 4.70. The van der Waals surface area contributed by atoms with Crippen molar-refractivity contribution in [2.75, 3.05) is 11.9 Å². The van der Waals surface area contributed by atoms with Crippen LogP contribution in [0.1, 0.15) is 16.8 Å². The first-order valence-corrected chi connectivity index (χ1v) is 7.89. The van der Waals surface area contributed by atoms with Gasteiger partial charge >= 0.3 is 0 Å². The van der Waals surface area contributed by atoms with Crippen molar-refractivity contribution in [3.63, 3.8) is 0 Å². The summed E-state index contributed by atoms with van der Waals surface area (Å²) in [6.45, 7) is 5.88. The molecule has 3 aromatic rings. The maximum absolute atomic E-state index is 12.2. The third-order valence-corrected chi connectivity index (χ3v) is 3.84. The van der Waals surface area contributed by atoms with Gasteiger partial charge in [-0.15, -0.1) is 0 Å². The van der Waals surface area contributed by atoms with Gasteiger partial charge < -0.3 is 10.1 Å². The van der Waals surface area contributed by atoms with E-state index >= 15 is 0 Å². The SMILES string of the molecule is Cc1ccc(NC(=O)COc2cccc3ccc(C)nc23)c(C)c1. The summed E-state index contributed by atoms with van der Waals surface area (Å²) in [7, 11) is 0. The second kappa shape index (κ2) is 6.71. The first-order chi connectivity index (χ1) is 11.5. The van der Waals surface area contributed by atoms with Gasteiger partial charge in [0.25, 0.3) is 5.91 Å². The van der Waals surface area contributed by atoms with E-state index in [9.17, 15) is 4.79 Å². The third-order valence-electron chi connectivity index (χ3n) is 3.84. The predicted octanol–water partition coefficient (Wildman–Crippen LogP) is 4.18. The summed E-state index contributed by atoms with van der Waals surface area (Å²) >= 11 is 0. The minimum absolute atomic E-state index is 0.0535. The molecule has 1 amide bonds. The lowest BCUT2D eigenvalue weighted by Gasteiger charge is -2.11. The smallest absolute Gasteiger partial charge is 0.262 e. The minimum atomic E-state index is -0.188. The Morgan fingerprint density at radius 3 is 2.71 bits per heavy atom. The molecule has 1 N–H and O–H groups in total. The lowest BCUT2D eigenvalue weighted by molar-refractivity contribution is -0.118. The summed E-state index contributed by atoms with van der Waals surface area (Å²) in [6.07, 6.45) is 0. The number of para-hydroxylation sites is 1. The molecule has 0 fully saturated rings. The van der Waals surface area contributed by atoms with E-state index in [0.717, 1.165) is 27.8 Å². The molecule has 2 aromatic carbocycles. The fourth-order valence-corrected chi connectivity index (χ4v) is 2.62. The Balaban J connectivity index is 1.71. The Morgan fingerprint density at radius 1 is 1.08 bits per heavy atom. The zero-order valence-corrected chi connectivity index (χ0v) is 14.1. The Kier molecular flexibility index (Phi) is 4.47. The number of aryl methyl sites for hydroxylation is 3. The fraction of sp³-hybridized carbons (Fsp3) is 0.200. The van der Waals surface area contributed by atoms with Gasteiger partial charge in [0.1, 0.15) is 11.3 Å². The molecule has 0 spiro atoms. The zero-order valence-electron chi connectivity index (χ0n) is 14.1. The summed E-state index contributed by atoms with van der Waals surface area (Å²) in [5, 5.41) is 3.88. The molecule has 24 heavy (non-hydrogen) atoms. The number of fused-ring (bicyclic) bond motifs is 1. The van der Waals surface area contributed by atoms with Crippen molar-refractivity contribution in [2.45, 2.75) is 20.8 Å². The van der Waals surface area contributed by atoms with Crippen molar-refractivity contribution in [3.8, 4) is 5.75 Å². The summed E-state index contributed by atoms with van der Waals surface area (Å²) in [6, 6.07) is 15.6. The largest absolute Gasteiger partial charge is 0.481 e. The van der Waals surface area contributed by atoms with Gasteiger partial charge in [-0.3, -0.25) is 4.79 Å². The van der Waals surface area contributed by atoms with Gasteiger partial charge in [-0.2, -0.15) is 0 Å². The standard InChI is InChI=1S/C20H20N2O2/c1-13-7-10-17(14(2)11-13)22-19(23)12-24-18-6-4-5-16-9-8-15(3)21-20(16)18/h4-11H,12H2,1-3H3,(H,22,23). The first-order valence-electron chi connectivity index (χ1n) is 7.89. The van der Waals surface area contributed by atoms with Crippen LogP contribution in [0.25, 0.3) is 10.9 Å². The molecule has 1 heterocycles. The number of benzene rings is 2. The molecule has 0 unspecified atom stereocenters. The average molecular weight is 320 g/mol. The molecular weight excluding hydrogens is 300 g/mol. The van der Waals surface area contributed by atoms with Gasteiger partial charge in [-0.25, -0.2) is 4.98 Å².